The van der Waals surface area contributed by atoms with Crippen LogP contribution in [0, 0.1) is 0 Å². The fraction of sp³-hybridized carbons (Fsp3) is 0.533. The Bertz CT molecular complexity index is 484. The van der Waals surface area contributed by atoms with Crippen molar-refractivity contribution >= 4 is 5.97 Å². The second-order valence-corrected chi connectivity index (χ2v) is 4.77. The van der Waals surface area contributed by atoms with Crippen LogP contribution in [0.4, 0.5) is 13.2 Å². The van der Waals surface area contributed by atoms with E-state index in [9.17, 15) is 18.0 Å². The molecule has 0 radical (unpaired) electrons. The van der Waals surface area contributed by atoms with Gasteiger partial charge in [-0.2, -0.15) is 13.2 Å². The van der Waals surface area contributed by atoms with Crippen molar-refractivity contribution < 1.29 is 27.8 Å². The second kappa shape index (κ2) is 7.33. The molecule has 1 atom stereocenters. The minimum atomic E-state index is -4.46. The predicted molar refractivity (Wildman–Crippen MR) is 72.5 cm³/mol. The van der Waals surface area contributed by atoms with Crippen LogP contribution in [0.3, 0.4) is 0 Å². The van der Waals surface area contributed by atoms with Crippen LogP contribution in [0.2, 0.25) is 0 Å². The van der Waals surface area contributed by atoms with Crippen molar-refractivity contribution in [3.05, 3.63) is 29.3 Å². The molecule has 1 N–H and O–H groups in total. The van der Waals surface area contributed by atoms with E-state index >= 15 is 0 Å². The van der Waals surface area contributed by atoms with Gasteiger partial charge in [0, 0.05) is 0 Å². The summed E-state index contributed by atoms with van der Waals surface area (Å²) in [6, 6.07) is 3.23. The molecule has 0 amide bonds. The zero-order valence-electron chi connectivity index (χ0n) is 12.0. The largest absolute Gasteiger partial charge is 0.494 e. The van der Waals surface area contributed by atoms with Crippen LogP contribution in [-0.2, 0) is 11.0 Å². The minimum absolute atomic E-state index is 0.213. The van der Waals surface area contributed by atoms with Gasteiger partial charge in [0.15, 0.2) is 0 Å². The Morgan fingerprint density at radius 3 is 2.48 bits per heavy atom. The molecule has 118 valence electrons. The summed E-state index contributed by atoms with van der Waals surface area (Å²) >= 11 is 0. The number of aliphatic carboxylic acids is 1. The lowest BCUT2D eigenvalue weighted by Gasteiger charge is -2.20. The molecule has 0 aliphatic carbocycles. The van der Waals surface area contributed by atoms with Gasteiger partial charge >= 0.3 is 12.1 Å². The molecule has 1 aromatic carbocycles. The molecule has 1 aromatic rings. The molecule has 6 heteroatoms. The normalized spacial score (nSPS) is 13.0. The molecule has 0 saturated carbocycles. The lowest BCUT2D eigenvalue weighted by molar-refractivity contribution is -0.138. The van der Waals surface area contributed by atoms with E-state index in [-0.39, 0.29) is 6.42 Å². The highest BCUT2D eigenvalue weighted by Crippen LogP contribution is 2.38. The van der Waals surface area contributed by atoms with Gasteiger partial charge in [-0.05, 0) is 43.0 Å². The molecule has 0 heterocycles. The number of rotatable bonds is 7. The third kappa shape index (κ3) is 4.95. The van der Waals surface area contributed by atoms with E-state index in [4.69, 9.17) is 9.84 Å². The van der Waals surface area contributed by atoms with E-state index in [2.05, 4.69) is 0 Å². The Labute approximate surface area is 121 Å². The van der Waals surface area contributed by atoms with E-state index in [1.165, 1.54) is 6.07 Å². The second-order valence-electron chi connectivity index (χ2n) is 4.77. The minimum Gasteiger partial charge on any atom is -0.494 e. The van der Waals surface area contributed by atoms with Crippen molar-refractivity contribution in [2.24, 2.45) is 0 Å². The molecule has 0 aliphatic heterocycles. The molecule has 0 saturated heterocycles. The van der Waals surface area contributed by atoms with Crippen molar-refractivity contribution in [2.75, 3.05) is 6.61 Å². The van der Waals surface area contributed by atoms with Crippen LogP contribution in [0.5, 0.6) is 5.75 Å². The van der Waals surface area contributed by atoms with Crippen LogP contribution in [0.1, 0.15) is 50.2 Å². The molecule has 1 rings (SSSR count). The summed E-state index contributed by atoms with van der Waals surface area (Å²) in [6.45, 7) is 3.90. The van der Waals surface area contributed by atoms with Crippen molar-refractivity contribution in [3.8, 4) is 5.75 Å². The van der Waals surface area contributed by atoms with Gasteiger partial charge in [0.1, 0.15) is 5.75 Å². The fourth-order valence-electron chi connectivity index (χ4n) is 2.26. The summed E-state index contributed by atoms with van der Waals surface area (Å²) in [5, 5.41) is 8.96. The number of carbonyl (C=O) groups is 1. The Balaban J connectivity index is 3.27. The van der Waals surface area contributed by atoms with Crippen molar-refractivity contribution in [2.45, 2.75) is 45.2 Å². The van der Waals surface area contributed by atoms with Crippen LogP contribution in [0.15, 0.2) is 18.2 Å². The number of alkyl halides is 3. The average Bonchev–Trinajstić information content (AvgIpc) is 2.37. The van der Waals surface area contributed by atoms with Gasteiger partial charge in [0.25, 0.3) is 0 Å². The van der Waals surface area contributed by atoms with Crippen LogP contribution < -0.4 is 4.74 Å². The number of carboxylic acids is 1. The number of ether oxygens (including phenoxy) is 1. The van der Waals surface area contributed by atoms with Gasteiger partial charge in [-0.15, -0.1) is 0 Å². The predicted octanol–water partition coefficient (Wildman–Crippen LogP) is 4.46. The van der Waals surface area contributed by atoms with E-state index in [1.54, 1.807) is 6.92 Å². The highest BCUT2D eigenvalue weighted by Gasteiger charge is 2.32. The van der Waals surface area contributed by atoms with Gasteiger partial charge in [0.2, 0.25) is 0 Å². The first-order valence-electron chi connectivity index (χ1n) is 6.85. The van der Waals surface area contributed by atoms with E-state index in [1.807, 2.05) is 6.92 Å². The smallest absolute Gasteiger partial charge is 0.416 e. The number of hydrogen-bond acceptors (Lipinski definition) is 2. The fourth-order valence-corrected chi connectivity index (χ4v) is 2.26. The highest BCUT2D eigenvalue weighted by molar-refractivity contribution is 5.68. The van der Waals surface area contributed by atoms with E-state index < -0.39 is 23.6 Å². The Kier molecular flexibility index (Phi) is 6.05. The molecule has 0 spiro atoms. The molecule has 3 nitrogen and oxygen atoms in total. The van der Waals surface area contributed by atoms with Gasteiger partial charge in [-0.3, -0.25) is 4.79 Å². The number of hydrogen-bond donors (Lipinski definition) is 1. The maximum atomic E-state index is 12.8. The maximum absolute atomic E-state index is 12.8. The molecule has 0 fully saturated rings. The lowest BCUT2D eigenvalue weighted by Crippen LogP contribution is -2.11. The zero-order chi connectivity index (χ0) is 16.0. The van der Waals surface area contributed by atoms with Crippen molar-refractivity contribution in [1.82, 2.24) is 0 Å². The molecule has 0 aromatic heterocycles. The maximum Gasteiger partial charge on any atom is 0.416 e. The topological polar surface area (TPSA) is 46.5 Å². The van der Waals surface area contributed by atoms with Crippen molar-refractivity contribution in [3.63, 3.8) is 0 Å². The SMILES string of the molecule is CCCC(CC(=O)O)c1cc(C(F)(F)F)ccc1OCC. The summed E-state index contributed by atoms with van der Waals surface area (Å²) in [7, 11) is 0. The zero-order valence-corrected chi connectivity index (χ0v) is 12.0. The van der Waals surface area contributed by atoms with Gasteiger partial charge in [-0.1, -0.05) is 13.3 Å². The van der Waals surface area contributed by atoms with Crippen LogP contribution in [0.25, 0.3) is 0 Å². The average molecular weight is 304 g/mol. The standard InChI is InChI=1S/C15H19F3O3/c1-3-5-10(8-14(19)20)12-9-11(15(16,17)18)6-7-13(12)21-4-2/h6-7,9-10H,3-5,8H2,1-2H3,(H,19,20). The van der Waals surface area contributed by atoms with Gasteiger partial charge in [0.05, 0.1) is 18.6 Å². The molecular weight excluding hydrogens is 285 g/mol. The molecule has 1 unspecified atom stereocenters. The summed E-state index contributed by atoms with van der Waals surface area (Å²) in [5.41, 5.74) is -0.469. The Hall–Kier alpha value is -1.72. The number of carboxylic acid groups (broad SMARTS) is 1. The summed E-state index contributed by atoms with van der Waals surface area (Å²) < 4.78 is 43.9. The van der Waals surface area contributed by atoms with E-state index in [0.29, 0.717) is 30.8 Å². The van der Waals surface area contributed by atoms with Gasteiger partial charge < -0.3 is 9.84 Å². The van der Waals surface area contributed by atoms with Crippen LogP contribution in [-0.4, -0.2) is 17.7 Å². The highest BCUT2D eigenvalue weighted by atomic mass is 19.4. The number of benzene rings is 1. The summed E-state index contributed by atoms with van der Waals surface area (Å²) in [5.74, 6) is -1.20. The molecule has 21 heavy (non-hydrogen) atoms. The van der Waals surface area contributed by atoms with Gasteiger partial charge in [-0.25, -0.2) is 0 Å². The molecule has 0 bridgehead atoms. The first-order chi connectivity index (χ1) is 9.79. The third-order valence-corrected chi connectivity index (χ3v) is 3.13. The van der Waals surface area contributed by atoms with E-state index in [0.717, 1.165) is 12.1 Å². The van der Waals surface area contributed by atoms with Crippen LogP contribution >= 0.6 is 0 Å². The first kappa shape index (κ1) is 17.3. The summed E-state index contributed by atoms with van der Waals surface area (Å²) in [6.07, 6.45) is -3.50. The monoisotopic (exact) mass is 304 g/mol. The summed E-state index contributed by atoms with van der Waals surface area (Å²) in [4.78, 5) is 10.9. The quantitative estimate of drug-likeness (QED) is 0.809. The molecule has 0 aliphatic rings. The third-order valence-electron chi connectivity index (χ3n) is 3.13. The Morgan fingerprint density at radius 1 is 1.33 bits per heavy atom. The lowest BCUT2D eigenvalue weighted by atomic mass is 9.89. The first-order valence-corrected chi connectivity index (χ1v) is 6.85. The molecular formula is C15H19F3O3. The Morgan fingerprint density at radius 2 is 2.00 bits per heavy atom. The van der Waals surface area contributed by atoms with Crippen molar-refractivity contribution in [1.29, 1.82) is 0 Å². The number of halogens is 3.